The summed E-state index contributed by atoms with van der Waals surface area (Å²) in [7, 11) is 0. The van der Waals surface area contributed by atoms with Crippen molar-refractivity contribution in [3.63, 3.8) is 0 Å². The van der Waals surface area contributed by atoms with Crippen LogP contribution in [-0.2, 0) is 19.9 Å². The highest BCUT2D eigenvalue weighted by Crippen LogP contribution is 2.41. The van der Waals surface area contributed by atoms with E-state index >= 15 is 0 Å². The Morgan fingerprint density at radius 2 is 1.59 bits per heavy atom. The molecule has 2 fully saturated rings. The molecule has 4 rings (SSSR count). The van der Waals surface area contributed by atoms with Crippen molar-refractivity contribution < 1.29 is 24.3 Å². The highest BCUT2D eigenvalue weighted by atomic mass is 16.4. The Balaban J connectivity index is 1.94. The monoisotopic (exact) mass is 564 g/mol. The Kier molecular flexibility index (Phi) is 8.89. The predicted molar refractivity (Wildman–Crippen MR) is 152 cm³/mol. The molecule has 0 bridgehead atoms. The molecule has 13 nitrogen and oxygen atoms in total. The summed E-state index contributed by atoms with van der Waals surface area (Å²) in [6, 6.07) is 10.2. The molecule has 218 valence electrons. The molecule has 2 aliphatic rings. The Labute approximate surface area is 237 Å². The third-order valence-corrected chi connectivity index (χ3v) is 7.70. The van der Waals surface area contributed by atoms with Gasteiger partial charge < -0.3 is 42.3 Å². The summed E-state index contributed by atoms with van der Waals surface area (Å²) in [5, 5.41) is 27.5. The first-order chi connectivity index (χ1) is 19.6. The lowest BCUT2D eigenvalue weighted by Gasteiger charge is -2.55. The first kappa shape index (κ1) is 29.5. The Morgan fingerprint density at radius 1 is 1.00 bits per heavy atom. The van der Waals surface area contributed by atoms with Crippen molar-refractivity contribution in [1.82, 2.24) is 25.8 Å². The topological polar surface area (TPSA) is 207 Å². The van der Waals surface area contributed by atoms with Crippen LogP contribution in [0, 0.1) is 5.41 Å². The molecule has 3 atom stereocenters. The van der Waals surface area contributed by atoms with Gasteiger partial charge in [0.15, 0.2) is 6.04 Å². The summed E-state index contributed by atoms with van der Waals surface area (Å²) < 4.78 is 0. The number of anilines is 1. The summed E-state index contributed by atoms with van der Waals surface area (Å²) in [5.41, 5.74) is 11.4. The molecule has 2 aromatic rings. The fourth-order valence-corrected chi connectivity index (χ4v) is 5.81. The van der Waals surface area contributed by atoms with Gasteiger partial charge >= 0.3 is 5.97 Å². The average molecular weight is 565 g/mol. The maximum Gasteiger partial charge on any atom is 0.329 e. The number of hydrogen-bond donors (Lipinski definition) is 7. The van der Waals surface area contributed by atoms with Crippen LogP contribution in [0.2, 0.25) is 0 Å². The van der Waals surface area contributed by atoms with Crippen LogP contribution in [0.15, 0.2) is 48.5 Å². The molecule has 13 heteroatoms. The molecule has 0 aromatic heterocycles. The number of nitrogens with zero attached hydrogens (tertiary/aromatic N) is 2. The van der Waals surface area contributed by atoms with E-state index in [1.54, 1.807) is 43.3 Å². The number of nitrogens with two attached hydrogens (primary N) is 2. The fourth-order valence-electron chi connectivity index (χ4n) is 5.81. The minimum atomic E-state index is -1.70. The van der Waals surface area contributed by atoms with Crippen LogP contribution in [-0.4, -0.2) is 95.8 Å². The molecule has 2 saturated heterocycles. The number of nitrogens with one attached hydrogen (secondary N) is 4. The normalized spacial score (nSPS) is 18.8. The molecular formula is C28H36N8O5. The number of piperazine rings is 2. The molecule has 2 aliphatic heterocycles. The molecule has 0 aliphatic carbocycles. The molecule has 0 radical (unpaired) electrons. The minimum absolute atomic E-state index is 0.0323. The Bertz CT molecular complexity index is 1320. The number of amides is 3. The molecule has 3 unspecified atom stereocenters. The second-order valence-electron chi connectivity index (χ2n) is 10.1. The smallest absolute Gasteiger partial charge is 0.329 e. The van der Waals surface area contributed by atoms with Gasteiger partial charge in [-0.15, -0.1) is 0 Å². The van der Waals surface area contributed by atoms with Gasteiger partial charge in [0, 0.05) is 43.0 Å². The van der Waals surface area contributed by atoms with Crippen LogP contribution >= 0.6 is 0 Å². The average Bonchev–Trinajstić information content (AvgIpc) is 2.96. The largest absolute Gasteiger partial charge is 0.480 e. The molecule has 41 heavy (non-hydrogen) atoms. The lowest BCUT2D eigenvalue weighted by Crippen LogP contribution is -2.75. The van der Waals surface area contributed by atoms with Crippen molar-refractivity contribution in [2.45, 2.75) is 31.0 Å². The first-order valence-electron chi connectivity index (χ1n) is 13.5. The van der Waals surface area contributed by atoms with Gasteiger partial charge in [-0.1, -0.05) is 31.2 Å². The van der Waals surface area contributed by atoms with Crippen molar-refractivity contribution in [2.24, 2.45) is 5.73 Å². The minimum Gasteiger partial charge on any atom is -0.480 e. The van der Waals surface area contributed by atoms with Gasteiger partial charge in [-0.2, -0.15) is 0 Å². The highest BCUT2D eigenvalue weighted by Gasteiger charge is 2.59. The first-order valence-corrected chi connectivity index (χ1v) is 13.5. The molecule has 2 aromatic carbocycles. The van der Waals surface area contributed by atoms with Gasteiger partial charge in [0.2, 0.25) is 11.8 Å². The number of benzene rings is 2. The van der Waals surface area contributed by atoms with Crippen LogP contribution in [0.1, 0.15) is 34.8 Å². The van der Waals surface area contributed by atoms with Gasteiger partial charge in [-0.3, -0.25) is 19.8 Å². The van der Waals surface area contributed by atoms with E-state index in [9.17, 15) is 24.3 Å². The summed E-state index contributed by atoms with van der Waals surface area (Å²) in [6.45, 7) is 2.71. The number of carbonyl (C=O) groups is 4. The second-order valence-corrected chi connectivity index (χ2v) is 10.1. The number of amidine groups is 1. The number of carboxylic acid groups (broad SMARTS) is 1. The number of rotatable bonds is 10. The zero-order chi connectivity index (χ0) is 29.7. The van der Waals surface area contributed by atoms with E-state index < -0.39 is 35.4 Å². The third kappa shape index (κ3) is 5.72. The number of carboxylic acids is 1. The maximum atomic E-state index is 13.7. The van der Waals surface area contributed by atoms with Gasteiger partial charge in [0.05, 0.1) is 19.1 Å². The van der Waals surface area contributed by atoms with Gasteiger partial charge in [-0.05, 0) is 36.2 Å². The molecule has 3 amide bonds. The van der Waals surface area contributed by atoms with Crippen molar-refractivity contribution in [2.75, 3.05) is 45.0 Å². The lowest BCUT2D eigenvalue weighted by atomic mass is 9.72. The van der Waals surface area contributed by atoms with Crippen molar-refractivity contribution in [1.29, 1.82) is 5.41 Å². The number of hydrogen-bond acceptors (Lipinski definition) is 8. The molecule has 0 spiro atoms. The molecule has 0 saturated carbocycles. The van der Waals surface area contributed by atoms with Crippen LogP contribution in [0.3, 0.4) is 0 Å². The van der Waals surface area contributed by atoms with E-state index in [0.29, 0.717) is 29.9 Å². The standard InChI is InChI=1S/C28H36N8O5/c1-2-21(34-26(39)18-5-3-17(4-6-18)25(30)31)28(19-7-9-20(29)10-8-19,36-14-12-33-16-23(36)38)24(27(40)41)35-13-11-32-15-22(35)37/h3-10,21,24,32-33H,2,11-16,29H2,1H3,(H3,30,31)(H,34,39)(H,40,41). The molecule has 2 heterocycles. The van der Waals surface area contributed by atoms with E-state index in [1.807, 2.05) is 0 Å². The van der Waals surface area contributed by atoms with Crippen LogP contribution < -0.4 is 27.4 Å². The summed E-state index contributed by atoms with van der Waals surface area (Å²) in [4.78, 5) is 56.6. The third-order valence-electron chi connectivity index (χ3n) is 7.70. The van der Waals surface area contributed by atoms with Crippen molar-refractivity contribution >= 4 is 35.2 Å². The summed E-state index contributed by atoms with van der Waals surface area (Å²) >= 11 is 0. The van der Waals surface area contributed by atoms with Gasteiger partial charge in [0.25, 0.3) is 5.91 Å². The van der Waals surface area contributed by atoms with Crippen LogP contribution in [0.25, 0.3) is 0 Å². The quantitative estimate of drug-likeness (QED) is 0.110. The lowest BCUT2D eigenvalue weighted by molar-refractivity contribution is -0.167. The van der Waals surface area contributed by atoms with Crippen molar-refractivity contribution in [3.05, 3.63) is 65.2 Å². The van der Waals surface area contributed by atoms with E-state index in [1.165, 1.54) is 21.9 Å². The number of aliphatic carboxylic acids is 1. The van der Waals surface area contributed by atoms with Crippen LogP contribution in [0.4, 0.5) is 5.69 Å². The maximum absolute atomic E-state index is 13.7. The summed E-state index contributed by atoms with van der Waals surface area (Å²) in [6.07, 6.45) is 0.225. The van der Waals surface area contributed by atoms with E-state index in [0.717, 1.165) is 0 Å². The van der Waals surface area contributed by atoms with E-state index in [4.69, 9.17) is 16.9 Å². The fraction of sp³-hybridized carbons (Fsp3) is 0.393. The van der Waals surface area contributed by atoms with Crippen LogP contribution in [0.5, 0.6) is 0 Å². The molecule has 9 N–H and O–H groups in total. The van der Waals surface area contributed by atoms with E-state index in [-0.39, 0.29) is 49.9 Å². The highest BCUT2D eigenvalue weighted by molar-refractivity contribution is 5.98. The van der Waals surface area contributed by atoms with E-state index in [2.05, 4.69) is 16.0 Å². The second kappa shape index (κ2) is 12.4. The SMILES string of the molecule is CCC(NC(=O)c1ccc(C(=N)N)cc1)C(c1ccc(N)cc1)(C(C(=O)O)N1CCNCC1=O)N1CCNCC1=O. The zero-order valence-corrected chi connectivity index (χ0v) is 22.9. The molecular weight excluding hydrogens is 528 g/mol. The van der Waals surface area contributed by atoms with Crippen molar-refractivity contribution in [3.8, 4) is 0 Å². The zero-order valence-electron chi connectivity index (χ0n) is 22.9. The Hall–Kier alpha value is -4.49. The summed E-state index contributed by atoms with van der Waals surface area (Å²) in [5.74, 6) is -2.74. The number of nitrogen functional groups attached to an aromatic ring is 2. The number of carbonyl (C=O) groups excluding carboxylic acids is 3. The Morgan fingerprint density at radius 3 is 2.12 bits per heavy atom. The van der Waals surface area contributed by atoms with Gasteiger partial charge in [-0.25, -0.2) is 4.79 Å². The predicted octanol–water partition coefficient (Wildman–Crippen LogP) is -0.726. The van der Waals surface area contributed by atoms with Gasteiger partial charge in [0.1, 0.15) is 11.4 Å².